The minimum atomic E-state index is 0.433. The summed E-state index contributed by atoms with van der Waals surface area (Å²) in [5.74, 6) is 3.51. The summed E-state index contributed by atoms with van der Waals surface area (Å²) in [6.45, 7) is 3.43. The second kappa shape index (κ2) is 5.58. The maximum absolute atomic E-state index is 4.70. The Kier molecular flexibility index (Phi) is 3.81. The predicted molar refractivity (Wildman–Crippen MR) is 83.2 cm³/mol. The number of hydrogen-bond donors (Lipinski definition) is 2. The molecule has 0 atom stereocenters. The Morgan fingerprint density at radius 3 is 2.50 bits per heavy atom. The normalized spacial score (nSPS) is 21.5. The summed E-state index contributed by atoms with van der Waals surface area (Å²) < 4.78 is 0. The van der Waals surface area contributed by atoms with E-state index in [4.69, 9.17) is 4.98 Å². The lowest BCUT2D eigenvalue weighted by Gasteiger charge is -2.33. The van der Waals surface area contributed by atoms with Crippen molar-refractivity contribution in [3.05, 3.63) is 11.9 Å². The molecule has 4 nitrogen and oxygen atoms in total. The van der Waals surface area contributed by atoms with Gasteiger partial charge in [0, 0.05) is 25.6 Å². The molecule has 0 aliphatic heterocycles. The third-order valence-corrected chi connectivity index (χ3v) is 4.70. The van der Waals surface area contributed by atoms with Crippen LogP contribution in [0.2, 0.25) is 0 Å². The molecule has 4 heteroatoms. The Morgan fingerprint density at radius 1 is 1.15 bits per heavy atom. The third-order valence-electron chi connectivity index (χ3n) is 4.70. The van der Waals surface area contributed by atoms with E-state index in [2.05, 4.69) is 22.5 Å². The van der Waals surface area contributed by atoms with Gasteiger partial charge in [0.05, 0.1) is 0 Å². The summed E-state index contributed by atoms with van der Waals surface area (Å²) in [4.78, 5) is 9.26. The number of hydrogen-bond acceptors (Lipinski definition) is 4. The fraction of sp³-hybridized carbons (Fsp3) is 0.750. The van der Waals surface area contributed by atoms with Crippen LogP contribution in [0.4, 0.5) is 11.6 Å². The first-order valence-electron chi connectivity index (χ1n) is 7.99. The third kappa shape index (κ3) is 3.22. The van der Waals surface area contributed by atoms with E-state index in [1.165, 1.54) is 44.9 Å². The quantitative estimate of drug-likeness (QED) is 0.858. The molecule has 0 amide bonds. The molecule has 0 bridgehead atoms. The van der Waals surface area contributed by atoms with Crippen molar-refractivity contribution in [3.63, 3.8) is 0 Å². The Hall–Kier alpha value is -1.32. The average molecular weight is 274 g/mol. The molecule has 2 saturated carbocycles. The summed E-state index contributed by atoms with van der Waals surface area (Å²) in [5.41, 5.74) is 0.433. The van der Waals surface area contributed by atoms with Crippen LogP contribution in [0.5, 0.6) is 0 Å². The lowest BCUT2D eigenvalue weighted by molar-refractivity contribution is 0.233. The van der Waals surface area contributed by atoms with Gasteiger partial charge in [-0.3, -0.25) is 0 Å². The number of nitrogens with one attached hydrogen (secondary N) is 2. The van der Waals surface area contributed by atoms with Crippen molar-refractivity contribution in [1.29, 1.82) is 0 Å². The van der Waals surface area contributed by atoms with E-state index >= 15 is 0 Å². The summed E-state index contributed by atoms with van der Waals surface area (Å²) >= 11 is 0. The van der Waals surface area contributed by atoms with E-state index in [0.717, 1.165) is 24.0 Å². The van der Waals surface area contributed by atoms with Crippen molar-refractivity contribution >= 4 is 11.6 Å². The molecule has 0 spiro atoms. The van der Waals surface area contributed by atoms with Crippen molar-refractivity contribution in [2.24, 2.45) is 5.41 Å². The SMILES string of the molecule is CNc1cc(NCC2(C)CCCCC2)nc(C2CC2)n1. The predicted octanol–water partition coefficient (Wildman–Crippen LogP) is 3.78. The highest BCUT2D eigenvalue weighted by molar-refractivity contribution is 5.48. The minimum Gasteiger partial charge on any atom is -0.373 e. The zero-order valence-corrected chi connectivity index (χ0v) is 12.7. The van der Waals surface area contributed by atoms with Crippen LogP contribution in [0.3, 0.4) is 0 Å². The van der Waals surface area contributed by atoms with Crippen LogP contribution in [0, 0.1) is 5.41 Å². The molecule has 0 aromatic carbocycles. The summed E-state index contributed by atoms with van der Waals surface area (Å²) in [7, 11) is 1.92. The standard InChI is InChI=1S/C16H26N4/c1-16(8-4-3-5-9-16)11-18-14-10-13(17-2)19-15(20-14)12-6-7-12/h10,12H,3-9,11H2,1-2H3,(H2,17,18,19,20). The molecule has 1 aromatic rings. The molecule has 0 saturated heterocycles. The van der Waals surface area contributed by atoms with Gasteiger partial charge in [-0.15, -0.1) is 0 Å². The van der Waals surface area contributed by atoms with E-state index in [9.17, 15) is 0 Å². The van der Waals surface area contributed by atoms with E-state index in [-0.39, 0.29) is 0 Å². The maximum Gasteiger partial charge on any atom is 0.136 e. The highest BCUT2D eigenvalue weighted by atomic mass is 15.1. The molecular formula is C16H26N4. The zero-order valence-electron chi connectivity index (χ0n) is 12.7. The van der Waals surface area contributed by atoms with Crippen molar-refractivity contribution in [2.75, 3.05) is 24.2 Å². The van der Waals surface area contributed by atoms with E-state index in [0.29, 0.717) is 11.3 Å². The van der Waals surface area contributed by atoms with Crippen LogP contribution in [0.1, 0.15) is 63.6 Å². The Labute approximate surface area is 121 Å². The second-order valence-electron chi connectivity index (χ2n) is 6.75. The van der Waals surface area contributed by atoms with Gasteiger partial charge in [-0.2, -0.15) is 0 Å². The van der Waals surface area contributed by atoms with E-state index in [1.54, 1.807) is 0 Å². The smallest absolute Gasteiger partial charge is 0.136 e. The minimum absolute atomic E-state index is 0.433. The fourth-order valence-corrected chi connectivity index (χ4v) is 3.09. The summed E-state index contributed by atoms with van der Waals surface area (Å²) in [6.07, 6.45) is 9.29. The Morgan fingerprint density at radius 2 is 1.85 bits per heavy atom. The largest absolute Gasteiger partial charge is 0.373 e. The number of aromatic nitrogens is 2. The van der Waals surface area contributed by atoms with E-state index < -0.39 is 0 Å². The van der Waals surface area contributed by atoms with Crippen molar-refractivity contribution in [2.45, 2.75) is 57.8 Å². The molecule has 2 fully saturated rings. The molecule has 2 N–H and O–H groups in total. The maximum atomic E-state index is 4.70. The Balaban J connectivity index is 1.68. The molecule has 2 aliphatic carbocycles. The molecule has 1 aromatic heterocycles. The van der Waals surface area contributed by atoms with Crippen molar-refractivity contribution in [1.82, 2.24) is 9.97 Å². The monoisotopic (exact) mass is 274 g/mol. The lowest BCUT2D eigenvalue weighted by atomic mass is 9.76. The first-order chi connectivity index (χ1) is 9.68. The second-order valence-corrected chi connectivity index (χ2v) is 6.75. The first-order valence-corrected chi connectivity index (χ1v) is 7.99. The highest BCUT2D eigenvalue weighted by Gasteiger charge is 2.29. The van der Waals surface area contributed by atoms with Gasteiger partial charge in [-0.05, 0) is 31.1 Å². The van der Waals surface area contributed by atoms with Crippen LogP contribution in [-0.2, 0) is 0 Å². The van der Waals surface area contributed by atoms with E-state index in [1.807, 2.05) is 13.1 Å². The molecule has 0 radical (unpaired) electrons. The molecule has 0 unspecified atom stereocenters. The number of nitrogens with zero attached hydrogens (tertiary/aromatic N) is 2. The summed E-state index contributed by atoms with van der Waals surface area (Å²) in [5, 5.41) is 6.71. The molecule has 110 valence electrons. The van der Waals surface area contributed by atoms with Gasteiger partial charge >= 0.3 is 0 Å². The topological polar surface area (TPSA) is 49.8 Å². The molecule has 1 heterocycles. The average Bonchev–Trinajstić information content (AvgIpc) is 3.30. The fourth-order valence-electron chi connectivity index (χ4n) is 3.09. The van der Waals surface area contributed by atoms with Crippen LogP contribution < -0.4 is 10.6 Å². The highest BCUT2D eigenvalue weighted by Crippen LogP contribution is 2.39. The number of anilines is 2. The Bertz CT molecular complexity index is 462. The summed E-state index contributed by atoms with van der Waals surface area (Å²) in [6, 6.07) is 2.03. The van der Waals surface area contributed by atoms with Gasteiger partial charge in [0.15, 0.2) is 0 Å². The van der Waals surface area contributed by atoms with Gasteiger partial charge in [0.2, 0.25) is 0 Å². The van der Waals surface area contributed by atoms with Gasteiger partial charge < -0.3 is 10.6 Å². The van der Waals surface area contributed by atoms with Crippen LogP contribution in [0.15, 0.2) is 6.07 Å². The molecule has 3 rings (SSSR count). The van der Waals surface area contributed by atoms with Crippen LogP contribution in [0.25, 0.3) is 0 Å². The first kappa shape index (κ1) is 13.7. The van der Waals surface area contributed by atoms with Crippen molar-refractivity contribution in [3.8, 4) is 0 Å². The van der Waals surface area contributed by atoms with Gasteiger partial charge in [0.1, 0.15) is 17.5 Å². The number of rotatable bonds is 5. The lowest BCUT2D eigenvalue weighted by Crippen LogP contribution is -2.29. The van der Waals surface area contributed by atoms with Gasteiger partial charge in [-0.25, -0.2) is 9.97 Å². The van der Waals surface area contributed by atoms with Gasteiger partial charge in [0.25, 0.3) is 0 Å². The van der Waals surface area contributed by atoms with Gasteiger partial charge in [-0.1, -0.05) is 26.2 Å². The molecule has 20 heavy (non-hydrogen) atoms. The zero-order chi connectivity index (χ0) is 14.0. The van der Waals surface area contributed by atoms with Crippen molar-refractivity contribution < 1.29 is 0 Å². The molecular weight excluding hydrogens is 248 g/mol. The van der Waals surface area contributed by atoms with Crippen LogP contribution >= 0.6 is 0 Å². The molecule has 2 aliphatic rings. The van der Waals surface area contributed by atoms with Crippen LogP contribution in [-0.4, -0.2) is 23.6 Å².